The number of aliphatic hydroxyl groups excluding tert-OH is 2. The summed E-state index contributed by atoms with van der Waals surface area (Å²) in [6.45, 7) is 5.25. The summed E-state index contributed by atoms with van der Waals surface area (Å²) < 4.78 is 15.4. The van der Waals surface area contributed by atoms with Gasteiger partial charge in [-0.3, -0.25) is 0 Å². The molecule has 0 saturated carbocycles. The van der Waals surface area contributed by atoms with Gasteiger partial charge >= 0.3 is 0 Å². The zero-order valence-electron chi connectivity index (χ0n) is 10.0. The first-order chi connectivity index (χ1) is 7.57. The van der Waals surface area contributed by atoms with Gasteiger partial charge in [0.1, 0.15) is 6.10 Å². The number of hydrogen-bond acceptors (Lipinski definition) is 5. The molecule has 16 heavy (non-hydrogen) atoms. The highest BCUT2D eigenvalue weighted by Crippen LogP contribution is 2.21. The fourth-order valence-corrected chi connectivity index (χ4v) is 1.64. The van der Waals surface area contributed by atoms with E-state index >= 15 is 0 Å². The highest BCUT2D eigenvalue weighted by molar-refractivity contribution is 4.69. The minimum atomic E-state index is -0.493. The van der Waals surface area contributed by atoms with Crippen molar-refractivity contribution in [3.63, 3.8) is 0 Å². The summed E-state index contributed by atoms with van der Waals surface area (Å²) in [5, 5.41) is 17.0. The Labute approximate surface area is 96.3 Å². The highest BCUT2D eigenvalue weighted by Gasteiger charge is 2.31. The molecule has 0 amide bonds. The maximum absolute atomic E-state index is 8.59. The molecule has 0 aromatic heterocycles. The molecular weight excluding hydrogens is 212 g/mol. The van der Waals surface area contributed by atoms with Crippen LogP contribution >= 0.6 is 0 Å². The van der Waals surface area contributed by atoms with Gasteiger partial charge in [-0.1, -0.05) is 0 Å². The van der Waals surface area contributed by atoms with Crippen LogP contribution in [0.3, 0.4) is 0 Å². The van der Waals surface area contributed by atoms with Gasteiger partial charge in [-0.2, -0.15) is 0 Å². The van der Waals surface area contributed by atoms with E-state index in [-0.39, 0.29) is 25.4 Å². The molecule has 2 heterocycles. The van der Waals surface area contributed by atoms with Crippen LogP contribution in [0.15, 0.2) is 0 Å². The Kier molecular flexibility index (Phi) is 5.64. The summed E-state index contributed by atoms with van der Waals surface area (Å²) in [5.41, 5.74) is 0. The van der Waals surface area contributed by atoms with Gasteiger partial charge in [-0.15, -0.1) is 0 Å². The number of ether oxygens (including phenoxy) is 3. The van der Waals surface area contributed by atoms with Gasteiger partial charge in [-0.05, 0) is 26.7 Å². The molecule has 2 unspecified atom stereocenters. The zero-order chi connectivity index (χ0) is 12.0. The average molecular weight is 234 g/mol. The molecule has 5 heteroatoms. The van der Waals surface area contributed by atoms with E-state index in [4.69, 9.17) is 24.4 Å². The topological polar surface area (TPSA) is 68.2 Å². The largest absolute Gasteiger partial charge is 0.394 e. The van der Waals surface area contributed by atoms with Gasteiger partial charge in [0.2, 0.25) is 0 Å². The molecule has 96 valence electrons. The van der Waals surface area contributed by atoms with E-state index < -0.39 is 5.79 Å². The first-order valence-electron chi connectivity index (χ1n) is 5.72. The summed E-state index contributed by atoms with van der Waals surface area (Å²) in [6, 6.07) is 0. The van der Waals surface area contributed by atoms with Crippen molar-refractivity contribution >= 4 is 0 Å². The van der Waals surface area contributed by atoms with E-state index in [2.05, 4.69) is 0 Å². The second-order valence-corrected chi connectivity index (χ2v) is 4.45. The molecule has 0 aliphatic carbocycles. The molecule has 2 atom stereocenters. The Morgan fingerprint density at radius 3 is 2.12 bits per heavy atom. The standard InChI is InChI=1S/C6H12O3.C5H10O2/c1-6(2)8-4-5(3-7)9-6;6-4-5-2-1-3-7-5/h5,7H,3-4H2,1-2H3;5-6H,1-4H2. The van der Waals surface area contributed by atoms with Gasteiger partial charge in [0.15, 0.2) is 5.79 Å². The van der Waals surface area contributed by atoms with Crippen molar-refractivity contribution in [2.75, 3.05) is 26.4 Å². The van der Waals surface area contributed by atoms with Crippen molar-refractivity contribution in [2.45, 2.75) is 44.7 Å². The Morgan fingerprint density at radius 2 is 1.88 bits per heavy atom. The van der Waals surface area contributed by atoms with Crippen LogP contribution in [0.25, 0.3) is 0 Å². The van der Waals surface area contributed by atoms with Crippen LogP contribution in [-0.2, 0) is 14.2 Å². The van der Waals surface area contributed by atoms with Crippen LogP contribution in [0.1, 0.15) is 26.7 Å². The van der Waals surface area contributed by atoms with Crippen LogP contribution in [0.5, 0.6) is 0 Å². The van der Waals surface area contributed by atoms with Crippen molar-refractivity contribution < 1.29 is 24.4 Å². The van der Waals surface area contributed by atoms with Crippen LogP contribution < -0.4 is 0 Å². The van der Waals surface area contributed by atoms with Gasteiger partial charge < -0.3 is 24.4 Å². The van der Waals surface area contributed by atoms with Crippen LogP contribution in [-0.4, -0.2) is 54.6 Å². The number of aliphatic hydroxyl groups is 2. The van der Waals surface area contributed by atoms with Gasteiger partial charge in [0, 0.05) is 6.61 Å². The molecule has 2 fully saturated rings. The molecule has 2 rings (SSSR count). The van der Waals surface area contributed by atoms with Crippen LogP contribution in [0.2, 0.25) is 0 Å². The number of hydrogen-bond donors (Lipinski definition) is 2. The minimum absolute atomic E-state index is 0.0451. The molecule has 2 saturated heterocycles. The van der Waals surface area contributed by atoms with Gasteiger partial charge in [-0.25, -0.2) is 0 Å². The third-order valence-electron chi connectivity index (χ3n) is 2.50. The molecule has 0 aromatic rings. The minimum Gasteiger partial charge on any atom is -0.394 e. The summed E-state index contributed by atoms with van der Waals surface area (Å²) in [4.78, 5) is 0. The normalized spacial score (nSPS) is 32.2. The smallest absolute Gasteiger partial charge is 0.163 e. The van der Waals surface area contributed by atoms with Crippen LogP contribution in [0, 0.1) is 0 Å². The fraction of sp³-hybridized carbons (Fsp3) is 1.00. The molecule has 0 radical (unpaired) electrons. The molecule has 0 bridgehead atoms. The lowest BCUT2D eigenvalue weighted by molar-refractivity contribution is -0.142. The Hall–Kier alpha value is -0.200. The summed E-state index contributed by atoms with van der Waals surface area (Å²) in [6.07, 6.45) is 2.18. The molecule has 2 N–H and O–H groups in total. The highest BCUT2D eigenvalue weighted by atomic mass is 16.7. The predicted octanol–water partition coefficient (Wildman–Crippen LogP) is 0.288. The predicted molar refractivity (Wildman–Crippen MR) is 58.0 cm³/mol. The lowest BCUT2D eigenvalue weighted by Gasteiger charge is -2.15. The molecule has 2 aliphatic rings. The quantitative estimate of drug-likeness (QED) is 0.718. The average Bonchev–Trinajstić information content (AvgIpc) is 2.87. The SMILES string of the molecule is CC1(C)OCC(CO)O1.OCC1CCCO1. The summed E-state index contributed by atoms with van der Waals surface area (Å²) in [7, 11) is 0. The van der Waals surface area contributed by atoms with Crippen molar-refractivity contribution in [1.29, 1.82) is 0 Å². The van der Waals surface area contributed by atoms with E-state index in [1.54, 1.807) is 0 Å². The monoisotopic (exact) mass is 234 g/mol. The van der Waals surface area contributed by atoms with Gasteiger partial charge in [0.05, 0.1) is 25.9 Å². The molecule has 0 spiro atoms. The zero-order valence-corrected chi connectivity index (χ0v) is 10.0. The third kappa shape index (κ3) is 4.76. The second kappa shape index (κ2) is 6.51. The molecule has 5 nitrogen and oxygen atoms in total. The fourth-order valence-electron chi connectivity index (χ4n) is 1.64. The Balaban J connectivity index is 0.000000165. The maximum Gasteiger partial charge on any atom is 0.163 e. The maximum atomic E-state index is 8.59. The van der Waals surface area contributed by atoms with Crippen molar-refractivity contribution in [3.05, 3.63) is 0 Å². The second-order valence-electron chi connectivity index (χ2n) is 4.45. The van der Waals surface area contributed by atoms with E-state index in [1.165, 1.54) is 0 Å². The molecular formula is C11H22O5. The third-order valence-corrected chi connectivity index (χ3v) is 2.50. The molecule has 0 aromatic carbocycles. The van der Waals surface area contributed by atoms with Crippen molar-refractivity contribution in [1.82, 2.24) is 0 Å². The van der Waals surface area contributed by atoms with Crippen LogP contribution in [0.4, 0.5) is 0 Å². The van der Waals surface area contributed by atoms with Gasteiger partial charge in [0.25, 0.3) is 0 Å². The van der Waals surface area contributed by atoms with Crippen molar-refractivity contribution in [3.8, 4) is 0 Å². The van der Waals surface area contributed by atoms with E-state index in [9.17, 15) is 0 Å². The first kappa shape index (κ1) is 13.9. The summed E-state index contributed by atoms with van der Waals surface area (Å²) >= 11 is 0. The van der Waals surface area contributed by atoms with E-state index in [0.29, 0.717) is 6.61 Å². The Morgan fingerprint density at radius 1 is 1.19 bits per heavy atom. The molecule has 2 aliphatic heterocycles. The van der Waals surface area contributed by atoms with E-state index in [1.807, 2.05) is 13.8 Å². The van der Waals surface area contributed by atoms with E-state index in [0.717, 1.165) is 19.4 Å². The lowest BCUT2D eigenvalue weighted by Crippen LogP contribution is -2.22. The lowest BCUT2D eigenvalue weighted by atomic mass is 10.2. The Bertz CT molecular complexity index is 189. The summed E-state index contributed by atoms with van der Waals surface area (Å²) in [5.74, 6) is -0.493. The van der Waals surface area contributed by atoms with Crippen molar-refractivity contribution in [2.24, 2.45) is 0 Å². The number of rotatable bonds is 2. The first-order valence-corrected chi connectivity index (χ1v) is 5.72.